The maximum Gasteiger partial charge on any atom is 0 e. The summed E-state index contributed by atoms with van der Waals surface area (Å²) in [7, 11) is 0. The van der Waals surface area contributed by atoms with Crippen LogP contribution in [-0.4, -0.2) is 16.2 Å². The van der Waals surface area contributed by atoms with Crippen molar-refractivity contribution in [2.24, 2.45) is 0 Å². The maximum atomic E-state index is 8.28. The molecule has 0 radical (unpaired) electrons. The zero-order chi connectivity index (χ0) is 2.00. The minimum Gasteiger partial charge on any atom is 0 e. The molecule has 0 atom stereocenters. The summed E-state index contributed by atoms with van der Waals surface area (Å²) in [6.45, 7) is 0. The van der Waals surface area contributed by atoms with Gasteiger partial charge >= 0.3 is 20.0 Å². The first kappa shape index (κ1) is 16.8. The molecule has 1 nitrogen and oxygen atoms in total. The van der Waals surface area contributed by atoms with Crippen molar-refractivity contribution < 1.29 is 51.7 Å². The summed E-state index contributed by atoms with van der Waals surface area (Å²) >= 11 is 0.611. The van der Waals surface area contributed by atoms with E-state index in [1.54, 1.807) is 0 Å². The molecule has 0 fully saturated rings. The molecule has 0 rings (SSSR count). The molecular weight excluding hydrogens is 182 g/mol. The summed E-state index contributed by atoms with van der Waals surface area (Å²) in [4.78, 5) is 0. The molecular formula is HAlOTiZr. The molecule has 4 heteroatoms. The Kier molecular flexibility index (Phi) is 85.8. The van der Waals surface area contributed by atoms with E-state index in [0.717, 1.165) is 0 Å². The Morgan fingerprint density at radius 3 is 1.25 bits per heavy atom. The first-order valence-corrected chi connectivity index (χ1v) is 0.866. The van der Waals surface area contributed by atoms with Gasteiger partial charge in [0.2, 0.25) is 0 Å². The Labute approximate surface area is 67.2 Å². The van der Waals surface area contributed by atoms with Gasteiger partial charge in [0.05, 0.1) is 0 Å². The Morgan fingerprint density at radius 1 is 1.25 bits per heavy atom. The van der Waals surface area contributed by atoms with E-state index in [0.29, 0.717) is 16.2 Å². The van der Waals surface area contributed by atoms with Gasteiger partial charge in [0.1, 0.15) is 0 Å². The van der Waals surface area contributed by atoms with Crippen molar-refractivity contribution in [1.82, 2.24) is 0 Å². The Bertz CT molecular complexity index is 8.00. The molecule has 0 aliphatic carbocycles. The van der Waals surface area contributed by atoms with Crippen LogP contribution in [0.4, 0.5) is 0 Å². The van der Waals surface area contributed by atoms with Gasteiger partial charge in [0.15, 0.2) is 0 Å². The second kappa shape index (κ2) is 20.4. The van der Waals surface area contributed by atoms with Crippen LogP contribution in [0.25, 0.3) is 0 Å². The number of rotatable bonds is 0. The molecule has 0 aromatic rings. The van der Waals surface area contributed by atoms with Crippen molar-refractivity contribution in [2.75, 3.05) is 0 Å². The van der Waals surface area contributed by atoms with Gasteiger partial charge < -0.3 is 0 Å². The predicted molar refractivity (Wildman–Crippen MR) is 7.84 cm³/mol. The Hall–Kier alpha value is 1.93. The fourth-order valence-corrected chi connectivity index (χ4v) is 0. The molecule has 0 unspecified atom stereocenters. The van der Waals surface area contributed by atoms with Crippen LogP contribution in [0.2, 0.25) is 0 Å². The number of hydrogen-bond acceptors (Lipinski definition) is 1. The summed E-state index contributed by atoms with van der Waals surface area (Å²) in [5.74, 6) is 0. The van der Waals surface area contributed by atoms with Crippen LogP contribution in [-0.2, 0) is 51.7 Å². The van der Waals surface area contributed by atoms with E-state index in [4.69, 9.17) is 3.80 Å². The molecule has 0 N–H and O–H groups in total. The summed E-state index contributed by atoms with van der Waals surface area (Å²) in [5, 5.41) is 0. The molecule has 0 aromatic heterocycles. The Balaban J connectivity index is -0.00000000500. The summed E-state index contributed by atoms with van der Waals surface area (Å²) in [6, 6.07) is 0. The number of hydrogen-bond donors (Lipinski definition) is 0. The van der Waals surface area contributed by atoms with E-state index < -0.39 is 0 Å². The quantitative estimate of drug-likeness (QED) is 0.450. The van der Waals surface area contributed by atoms with Gasteiger partial charge in [-0.3, -0.25) is 0 Å². The van der Waals surface area contributed by atoms with Gasteiger partial charge in [-0.05, 0) is 0 Å². The van der Waals surface area contributed by atoms with Gasteiger partial charge in [-0.25, -0.2) is 0 Å². The van der Waals surface area contributed by atoms with Crippen LogP contribution < -0.4 is 0 Å². The van der Waals surface area contributed by atoms with E-state index in [2.05, 4.69) is 0 Å². The zero-order valence-corrected chi connectivity index (χ0v) is 7.55. The second-order valence-corrected chi connectivity index (χ2v) is 0. The van der Waals surface area contributed by atoms with Crippen molar-refractivity contribution in [3.8, 4) is 0 Å². The van der Waals surface area contributed by atoms with E-state index in [-0.39, 0.29) is 47.9 Å². The van der Waals surface area contributed by atoms with Crippen LogP contribution in [0.15, 0.2) is 0 Å². The smallest absolute Gasteiger partial charge is 0 e. The van der Waals surface area contributed by atoms with Gasteiger partial charge in [-0.2, -0.15) is 0 Å². The molecule has 0 aromatic carbocycles. The normalized spacial score (nSPS) is 0.750. The third kappa shape index (κ3) is 9.06. The van der Waals surface area contributed by atoms with Gasteiger partial charge in [-0.1, -0.05) is 0 Å². The van der Waals surface area contributed by atoms with E-state index in [1.807, 2.05) is 0 Å². The summed E-state index contributed by atoms with van der Waals surface area (Å²) < 4.78 is 8.28. The van der Waals surface area contributed by atoms with Gasteiger partial charge in [0, 0.05) is 47.9 Å². The molecule has 18 valence electrons. The molecule has 0 bridgehead atoms. The largest absolute Gasteiger partial charge is 0 e. The minimum atomic E-state index is 0. The van der Waals surface area contributed by atoms with E-state index in [9.17, 15) is 0 Å². The molecule has 0 amide bonds. The third-order valence-electron chi connectivity index (χ3n) is 0. The maximum absolute atomic E-state index is 8.28. The SMILES string of the molecule is [O]=[AlH].[Ti].[Zr]. The van der Waals surface area contributed by atoms with Crippen molar-refractivity contribution in [3.63, 3.8) is 0 Å². The molecule has 0 aliphatic rings. The van der Waals surface area contributed by atoms with Crippen LogP contribution in [0.5, 0.6) is 0 Å². The summed E-state index contributed by atoms with van der Waals surface area (Å²) in [5.41, 5.74) is 0. The topological polar surface area (TPSA) is 17.1 Å². The average molecular weight is 183 g/mol. The minimum absolute atomic E-state index is 0. The monoisotopic (exact) mass is 182 g/mol. The average Bonchev–Trinajstić information content (AvgIpc) is 1.00. The van der Waals surface area contributed by atoms with Crippen LogP contribution in [0.1, 0.15) is 0 Å². The van der Waals surface area contributed by atoms with Crippen molar-refractivity contribution in [1.29, 1.82) is 0 Å². The van der Waals surface area contributed by atoms with Crippen LogP contribution in [0, 0.1) is 0 Å². The predicted octanol–water partition coefficient (Wildman–Crippen LogP) is -0.772. The molecule has 0 aliphatic heterocycles. The fourth-order valence-electron chi connectivity index (χ4n) is 0. The zero-order valence-electron chi connectivity index (χ0n) is 2.12. The van der Waals surface area contributed by atoms with Crippen LogP contribution >= 0.6 is 0 Å². The first-order chi connectivity index (χ1) is 1.00. The van der Waals surface area contributed by atoms with E-state index >= 15 is 0 Å². The third-order valence-corrected chi connectivity index (χ3v) is 0. The molecule has 0 spiro atoms. The van der Waals surface area contributed by atoms with Gasteiger partial charge in [0.25, 0.3) is 0 Å². The van der Waals surface area contributed by atoms with Gasteiger partial charge in [-0.15, -0.1) is 0 Å². The molecule has 0 saturated carbocycles. The molecule has 0 saturated heterocycles. The van der Waals surface area contributed by atoms with Crippen molar-refractivity contribution >= 4 is 16.2 Å². The van der Waals surface area contributed by atoms with Crippen molar-refractivity contribution in [2.45, 2.75) is 0 Å². The standard InChI is InChI=1S/Al.O.Ti.Zr.H. The van der Waals surface area contributed by atoms with Crippen LogP contribution in [0.3, 0.4) is 0 Å². The summed E-state index contributed by atoms with van der Waals surface area (Å²) in [6.07, 6.45) is 0. The Morgan fingerprint density at radius 2 is 1.25 bits per heavy atom. The first-order valence-electron chi connectivity index (χ1n) is 0.289. The second-order valence-electron chi connectivity index (χ2n) is 0. The molecule has 0 heterocycles. The van der Waals surface area contributed by atoms with Crippen molar-refractivity contribution in [3.05, 3.63) is 0 Å². The fraction of sp³-hybridized carbons (Fsp3) is 0. The molecule has 4 heavy (non-hydrogen) atoms. The van der Waals surface area contributed by atoms with E-state index in [1.165, 1.54) is 0 Å².